The van der Waals surface area contributed by atoms with Crippen LogP contribution in [0.5, 0.6) is 0 Å². The van der Waals surface area contributed by atoms with Gasteiger partial charge in [-0.2, -0.15) is 0 Å². The molecule has 0 amide bonds. The van der Waals surface area contributed by atoms with Crippen molar-refractivity contribution in [2.45, 2.75) is 4.90 Å². The molecule has 0 aliphatic carbocycles. The average molecular weight is 188 g/mol. The molecule has 0 aliphatic rings. The number of halogens is 1. The van der Waals surface area contributed by atoms with Gasteiger partial charge in [0, 0.05) is 10.5 Å². The van der Waals surface area contributed by atoms with E-state index in [2.05, 4.69) is 0 Å². The molecule has 3 heteroatoms. The van der Waals surface area contributed by atoms with Crippen molar-refractivity contribution in [3.05, 3.63) is 35.4 Å². The second kappa shape index (κ2) is 4.00. The number of hydrogen-bond acceptors (Lipinski definition) is 2. The van der Waals surface area contributed by atoms with Crippen LogP contribution >= 0.6 is 23.4 Å². The normalized spacial score (nSPS) is 10.1. The van der Waals surface area contributed by atoms with E-state index in [9.17, 15) is 0 Å². The highest BCUT2D eigenvalue weighted by Gasteiger charge is 2.02. The first-order chi connectivity index (χ1) is 5.29. The monoisotopic (exact) mass is 187 g/mol. The van der Waals surface area contributed by atoms with Crippen molar-refractivity contribution in [3.63, 3.8) is 0 Å². The predicted octanol–water partition coefficient (Wildman–Crippen LogP) is 2.94. The molecule has 0 fully saturated rings. The summed E-state index contributed by atoms with van der Waals surface area (Å²) < 4.78 is 0. The molecule has 1 aromatic rings. The molecular weight excluding hydrogens is 180 g/mol. The summed E-state index contributed by atoms with van der Waals surface area (Å²) in [5, 5.41) is 9.33. The van der Waals surface area contributed by atoms with E-state index in [1.165, 1.54) is 0 Å². The number of benzene rings is 1. The fourth-order valence-electron chi connectivity index (χ4n) is 0.785. The summed E-state index contributed by atoms with van der Waals surface area (Å²) in [6, 6.07) is 5.54. The molecule has 11 heavy (non-hydrogen) atoms. The molecule has 1 aromatic carbocycles. The molecule has 1 N–H and O–H groups in total. The van der Waals surface area contributed by atoms with Crippen LogP contribution in [0.4, 0.5) is 0 Å². The second-order valence-corrected chi connectivity index (χ2v) is 3.22. The van der Waals surface area contributed by atoms with E-state index in [1.807, 2.05) is 18.4 Å². The molecule has 0 heterocycles. The van der Waals surface area contributed by atoms with E-state index in [4.69, 9.17) is 16.7 Å². The van der Waals surface area contributed by atoms with Crippen LogP contribution in [0.2, 0.25) is 5.02 Å². The first kappa shape index (κ1) is 8.91. The lowest BCUT2D eigenvalue weighted by atomic mass is 10.2. The second-order valence-electron chi connectivity index (χ2n) is 1.99. The van der Waals surface area contributed by atoms with Gasteiger partial charge in [0.1, 0.15) is 6.61 Å². The van der Waals surface area contributed by atoms with Gasteiger partial charge in [0.05, 0.1) is 5.02 Å². The van der Waals surface area contributed by atoms with E-state index in [0.717, 1.165) is 11.5 Å². The maximum Gasteiger partial charge on any atom is 0.111 e. The number of thioether (sulfide) groups is 1. The van der Waals surface area contributed by atoms with Gasteiger partial charge in [-0.15, -0.1) is 11.8 Å². The highest BCUT2D eigenvalue weighted by molar-refractivity contribution is 7.98. The van der Waals surface area contributed by atoms with Crippen LogP contribution in [0.1, 0.15) is 5.56 Å². The predicted molar refractivity (Wildman–Crippen MR) is 48.6 cm³/mol. The van der Waals surface area contributed by atoms with E-state index in [-0.39, 0.29) is 0 Å². The summed E-state index contributed by atoms with van der Waals surface area (Å²) in [5.74, 6) is 0. The lowest BCUT2D eigenvalue weighted by molar-refractivity contribution is 0.414. The highest BCUT2D eigenvalue weighted by Crippen LogP contribution is 2.28. The van der Waals surface area contributed by atoms with Crippen LogP contribution in [0.15, 0.2) is 23.1 Å². The minimum Gasteiger partial charge on any atom is -0.385 e. The molecule has 0 saturated heterocycles. The van der Waals surface area contributed by atoms with Crippen LogP contribution in [0.3, 0.4) is 0 Å². The van der Waals surface area contributed by atoms with Gasteiger partial charge in [-0.3, -0.25) is 0 Å². The molecule has 59 valence electrons. The molecule has 1 nitrogen and oxygen atoms in total. The first-order valence-corrected chi connectivity index (χ1v) is 4.69. The van der Waals surface area contributed by atoms with Crippen molar-refractivity contribution in [1.82, 2.24) is 0 Å². The quantitative estimate of drug-likeness (QED) is 0.719. The summed E-state index contributed by atoms with van der Waals surface area (Å²) >= 11 is 7.46. The molecule has 0 unspecified atom stereocenters. The van der Waals surface area contributed by atoms with Crippen molar-refractivity contribution in [2.24, 2.45) is 0 Å². The lowest BCUT2D eigenvalue weighted by Gasteiger charge is -2.03. The van der Waals surface area contributed by atoms with Gasteiger partial charge in [-0.05, 0) is 12.3 Å². The maximum absolute atomic E-state index is 8.72. The molecule has 0 atom stereocenters. The minimum atomic E-state index is 0.613. The minimum absolute atomic E-state index is 0.613. The van der Waals surface area contributed by atoms with Crippen molar-refractivity contribution in [2.75, 3.05) is 6.26 Å². The zero-order chi connectivity index (χ0) is 8.27. The molecule has 0 spiro atoms. The summed E-state index contributed by atoms with van der Waals surface area (Å²) in [7, 11) is 0. The maximum atomic E-state index is 8.72. The molecule has 0 saturated carbocycles. The van der Waals surface area contributed by atoms with Gasteiger partial charge < -0.3 is 5.11 Å². The Kier molecular flexibility index (Phi) is 3.24. The Morgan fingerprint density at radius 1 is 1.55 bits per heavy atom. The largest absolute Gasteiger partial charge is 0.385 e. The fraction of sp³-hybridized carbons (Fsp3) is 0.125. The fourth-order valence-corrected chi connectivity index (χ4v) is 1.70. The molecule has 0 aromatic heterocycles. The van der Waals surface area contributed by atoms with E-state index in [0.29, 0.717) is 10.6 Å². The Morgan fingerprint density at radius 2 is 2.27 bits per heavy atom. The average Bonchev–Trinajstić information content (AvgIpc) is 2.05. The molecule has 0 bridgehead atoms. The summed E-state index contributed by atoms with van der Waals surface area (Å²) in [4.78, 5) is 0.981. The van der Waals surface area contributed by atoms with Crippen molar-refractivity contribution >= 4 is 23.4 Å². The van der Waals surface area contributed by atoms with Crippen LogP contribution in [0, 0.1) is 6.61 Å². The van der Waals surface area contributed by atoms with Crippen molar-refractivity contribution < 1.29 is 5.11 Å². The van der Waals surface area contributed by atoms with Crippen molar-refractivity contribution in [1.29, 1.82) is 0 Å². The molecule has 0 aliphatic heterocycles. The molecule has 1 radical (unpaired) electrons. The third kappa shape index (κ3) is 1.89. The lowest BCUT2D eigenvalue weighted by Crippen LogP contribution is -1.83. The van der Waals surface area contributed by atoms with Crippen LogP contribution in [-0.2, 0) is 0 Å². The van der Waals surface area contributed by atoms with E-state index in [1.54, 1.807) is 17.8 Å². The van der Waals surface area contributed by atoms with Crippen molar-refractivity contribution in [3.8, 4) is 0 Å². The Labute approximate surface area is 75.4 Å². The zero-order valence-electron chi connectivity index (χ0n) is 6.04. The number of rotatable bonds is 2. The van der Waals surface area contributed by atoms with E-state index >= 15 is 0 Å². The number of hydrogen-bond donors (Lipinski definition) is 1. The van der Waals surface area contributed by atoms with Crippen LogP contribution in [-0.4, -0.2) is 11.4 Å². The Balaban J connectivity index is 3.10. The molecule has 1 rings (SSSR count). The standard InChI is InChI=1S/C8H8ClOS/c1-11-7-4-2-3-6(5-10)8(7)9/h2-5,10H,1H3. The smallest absolute Gasteiger partial charge is 0.111 e. The topological polar surface area (TPSA) is 20.2 Å². The first-order valence-electron chi connectivity index (χ1n) is 3.09. The van der Waals surface area contributed by atoms with Gasteiger partial charge in [0.2, 0.25) is 0 Å². The number of aliphatic hydroxyl groups is 1. The van der Waals surface area contributed by atoms with Crippen LogP contribution in [0.25, 0.3) is 0 Å². The number of aliphatic hydroxyl groups excluding tert-OH is 1. The van der Waals surface area contributed by atoms with Crippen LogP contribution < -0.4 is 0 Å². The zero-order valence-corrected chi connectivity index (χ0v) is 7.62. The van der Waals surface area contributed by atoms with Gasteiger partial charge in [-0.25, -0.2) is 0 Å². The van der Waals surface area contributed by atoms with E-state index < -0.39 is 0 Å². The Bertz CT molecular complexity index is 228. The Hall–Kier alpha value is -0.180. The molecular formula is C8H8ClOS. The third-order valence-corrected chi connectivity index (χ3v) is 2.67. The highest BCUT2D eigenvalue weighted by atomic mass is 35.5. The SMILES string of the molecule is CSc1cccc([CH]O)c1Cl. The summed E-state index contributed by atoms with van der Waals surface area (Å²) in [6.07, 6.45) is 1.95. The Morgan fingerprint density at radius 3 is 2.82 bits per heavy atom. The third-order valence-electron chi connectivity index (χ3n) is 1.35. The van der Waals surface area contributed by atoms with Gasteiger partial charge in [0.25, 0.3) is 0 Å². The van der Waals surface area contributed by atoms with Gasteiger partial charge in [0.15, 0.2) is 0 Å². The van der Waals surface area contributed by atoms with Gasteiger partial charge in [-0.1, -0.05) is 23.7 Å². The summed E-state index contributed by atoms with van der Waals surface area (Å²) in [6.45, 7) is 1.02. The summed E-state index contributed by atoms with van der Waals surface area (Å²) in [5.41, 5.74) is 0.665. The van der Waals surface area contributed by atoms with Gasteiger partial charge >= 0.3 is 0 Å².